The van der Waals surface area contributed by atoms with Crippen molar-refractivity contribution < 1.29 is 22.7 Å². The molecule has 1 aliphatic heterocycles. The molecule has 2 rings (SSSR count). The summed E-state index contributed by atoms with van der Waals surface area (Å²) in [7, 11) is -2.18. The molecule has 1 aromatic carbocycles. The second-order valence-electron chi connectivity index (χ2n) is 4.75. The van der Waals surface area contributed by atoms with E-state index in [0.29, 0.717) is 25.9 Å². The van der Waals surface area contributed by atoms with E-state index in [1.54, 1.807) is 7.11 Å². The Labute approximate surface area is 118 Å². The van der Waals surface area contributed by atoms with Gasteiger partial charge in [0.25, 0.3) is 0 Å². The van der Waals surface area contributed by atoms with Crippen molar-refractivity contribution in [3.05, 3.63) is 29.6 Å². The lowest BCUT2D eigenvalue weighted by Crippen LogP contribution is -2.40. The lowest BCUT2D eigenvalue weighted by molar-refractivity contribution is 0.0604. The molecular weight excluding hydrogens is 285 g/mol. The van der Waals surface area contributed by atoms with Crippen molar-refractivity contribution in [3.8, 4) is 0 Å². The number of benzene rings is 1. The molecule has 0 radical (unpaired) electrons. The summed E-state index contributed by atoms with van der Waals surface area (Å²) in [6.45, 7) is 0.230. The van der Waals surface area contributed by atoms with E-state index in [0.717, 1.165) is 12.1 Å². The van der Waals surface area contributed by atoms with Gasteiger partial charge >= 0.3 is 0 Å². The highest BCUT2D eigenvalue weighted by Crippen LogP contribution is 2.25. The van der Waals surface area contributed by atoms with E-state index in [4.69, 9.17) is 4.74 Å². The van der Waals surface area contributed by atoms with E-state index >= 15 is 0 Å². The largest absolute Gasteiger partial charge is 0.392 e. The summed E-state index contributed by atoms with van der Waals surface area (Å²) in [6.07, 6.45) is 1.28. The van der Waals surface area contributed by atoms with E-state index in [1.165, 1.54) is 10.4 Å². The molecule has 20 heavy (non-hydrogen) atoms. The molecule has 7 heteroatoms. The molecule has 5 nitrogen and oxygen atoms in total. The molecule has 0 unspecified atom stereocenters. The molecule has 0 saturated carbocycles. The number of aliphatic hydroxyl groups is 1. The van der Waals surface area contributed by atoms with Gasteiger partial charge in [0.2, 0.25) is 10.0 Å². The monoisotopic (exact) mass is 303 g/mol. The van der Waals surface area contributed by atoms with Gasteiger partial charge in [-0.05, 0) is 30.5 Å². The predicted octanol–water partition coefficient (Wildman–Crippen LogP) is 1.12. The standard InChI is InChI=1S/C13H18FNO4S/c1-19-12-4-6-15(7-5-12)20(17,18)13-8-11(14)3-2-10(13)9-16/h2-3,8,12,16H,4-7,9H2,1H3. The number of halogens is 1. The zero-order valence-electron chi connectivity index (χ0n) is 11.3. The molecule has 1 aliphatic rings. The van der Waals surface area contributed by atoms with Gasteiger partial charge in [-0.25, -0.2) is 12.8 Å². The van der Waals surface area contributed by atoms with Crippen LogP contribution in [0.25, 0.3) is 0 Å². The number of piperidine rings is 1. The Bertz CT molecular complexity index is 568. The van der Waals surface area contributed by atoms with Crippen molar-refractivity contribution in [2.75, 3.05) is 20.2 Å². The van der Waals surface area contributed by atoms with Crippen molar-refractivity contribution in [1.29, 1.82) is 0 Å². The fraction of sp³-hybridized carbons (Fsp3) is 0.538. The molecule has 0 atom stereocenters. The lowest BCUT2D eigenvalue weighted by Gasteiger charge is -2.30. The van der Waals surface area contributed by atoms with Crippen LogP contribution in [0.5, 0.6) is 0 Å². The molecular formula is C13H18FNO4S. The third-order valence-electron chi connectivity index (χ3n) is 3.55. The molecule has 1 fully saturated rings. The highest BCUT2D eigenvalue weighted by molar-refractivity contribution is 7.89. The van der Waals surface area contributed by atoms with Gasteiger partial charge in [-0.3, -0.25) is 0 Å². The minimum Gasteiger partial charge on any atom is -0.392 e. The first-order chi connectivity index (χ1) is 9.48. The Balaban J connectivity index is 2.29. The van der Waals surface area contributed by atoms with Gasteiger partial charge in [-0.2, -0.15) is 4.31 Å². The highest BCUT2D eigenvalue weighted by atomic mass is 32.2. The van der Waals surface area contributed by atoms with Crippen LogP contribution in [0.4, 0.5) is 4.39 Å². The molecule has 1 saturated heterocycles. The zero-order valence-corrected chi connectivity index (χ0v) is 12.1. The summed E-state index contributed by atoms with van der Waals surface area (Å²) in [5, 5.41) is 9.23. The van der Waals surface area contributed by atoms with E-state index in [9.17, 15) is 17.9 Å². The summed E-state index contributed by atoms with van der Waals surface area (Å²) in [6, 6.07) is 3.40. The SMILES string of the molecule is COC1CCN(S(=O)(=O)c2cc(F)ccc2CO)CC1. The van der Waals surface area contributed by atoms with Gasteiger partial charge in [-0.15, -0.1) is 0 Å². The Kier molecular flexibility index (Phi) is 4.74. The number of nitrogens with zero attached hydrogens (tertiary/aromatic N) is 1. The van der Waals surface area contributed by atoms with Crippen LogP contribution in [-0.4, -0.2) is 44.1 Å². The Morgan fingerprint density at radius 1 is 1.40 bits per heavy atom. The van der Waals surface area contributed by atoms with Crippen LogP contribution >= 0.6 is 0 Å². The maximum Gasteiger partial charge on any atom is 0.243 e. The molecule has 0 aliphatic carbocycles. The lowest BCUT2D eigenvalue weighted by atomic mass is 10.1. The number of aliphatic hydroxyl groups excluding tert-OH is 1. The molecule has 112 valence electrons. The molecule has 0 bridgehead atoms. The topological polar surface area (TPSA) is 66.8 Å². The van der Waals surface area contributed by atoms with E-state index < -0.39 is 22.4 Å². The van der Waals surface area contributed by atoms with E-state index in [-0.39, 0.29) is 16.6 Å². The Morgan fingerprint density at radius 3 is 2.60 bits per heavy atom. The molecule has 1 N–H and O–H groups in total. The second kappa shape index (κ2) is 6.17. The van der Waals surface area contributed by atoms with Crippen LogP contribution in [0.2, 0.25) is 0 Å². The third-order valence-corrected chi connectivity index (χ3v) is 5.53. The summed E-state index contributed by atoms with van der Waals surface area (Å²) in [5.74, 6) is -0.632. The van der Waals surface area contributed by atoms with Crippen LogP contribution in [0.3, 0.4) is 0 Å². The zero-order chi connectivity index (χ0) is 14.8. The number of sulfonamides is 1. The van der Waals surface area contributed by atoms with Gasteiger partial charge in [0, 0.05) is 20.2 Å². The number of ether oxygens (including phenoxy) is 1. The molecule has 0 spiro atoms. The van der Waals surface area contributed by atoms with Gasteiger partial charge < -0.3 is 9.84 Å². The van der Waals surface area contributed by atoms with Crippen molar-refractivity contribution >= 4 is 10.0 Å². The van der Waals surface area contributed by atoms with Gasteiger partial charge in [-0.1, -0.05) is 6.07 Å². The highest BCUT2D eigenvalue weighted by Gasteiger charge is 2.31. The summed E-state index contributed by atoms with van der Waals surface area (Å²) < 4.78 is 44.9. The maximum absolute atomic E-state index is 13.3. The van der Waals surface area contributed by atoms with E-state index in [2.05, 4.69) is 0 Å². The van der Waals surface area contributed by atoms with Crippen molar-refractivity contribution in [3.63, 3.8) is 0 Å². The number of hydrogen-bond donors (Lipinski definition) is 1. The number of hydrogen-bond acceptors (Lipinski definition) is 4. The average molecular weight is 303 g/mol. The molecule has 1 aromatic rings. The molecule has 1 heterocycles. The smallest absolute Gasteiger partial charge is 0.243 e. The van der Waals surface area contributed by atoms with Crippen molar-refractivity contribution in [2.24, 2.45) is 0 Å². The van der Waals surface area contributed by atoms with Crippen LogP contribution in [0.15, 0.2) is 23.1 Å². The van der Waals surface area contributed by atoms with Crippen molar-refractivity contribution in [2.45, 2.75) is 30.4 Å². The minimum absolute atomic E-state index is 0.0614. The first kappa shape index (κ1) is 15.4. The van der Waals surface area contributed by atoms with Crippen LogP contribution in [0, 0.1) is 5.82 Å². The third kappa shape index (κ3) is 3.01. The minimum atomic E-state index is -3.78. The normalized spacial score (nSPS) is 18.4. The van der Waals surface area contributed by atoms with Crippen LogP contribution in [-0.2, 0) is 21.4 Å². The predicted molar refractivity (Wildman–Crippen MR) is 71.1 cm³/mol. The quantitative estimate of drug-likeness (QED) is 0.905. The molecule has 0 aromatic heterocycles. The molecule has 0 amide bonds. The first-order valence-electron chi connectivity index (χ1n) is 6.41. The van der Waals surface area contributed by atoms with E-state index in [1.807, 2.05) is 0 Å². The first-order valence-corrected chi connectivity index (χ1v) is 7.85. The maximum atomic E-state index is 13.3. The second-order valence-corrected chi connectivity index (χ2v) is 6.66. The summed E-state index contributed by atoms with van der Waals surface area (Å²) in [5.41, 5.74) is 0.209. The van der Waals surface area contributed by atoms with Gasteiger partial charge in [0.15, 0.2) is 0 Å². The van der Waals surface area contributed by atoms with Gasteiger partial charge in [0.05, 0.1) is 17.6 Å². The number of methoxy groups -OCH3 is 1. The average Bonchev–Trinajstić information content (AvgIpc) is 2.47. The summed E-state index contributed by atoms with van der Waals surface area (Å²) in [4.78, 5) is -0.157. The Morgan fingerprint density at radius 2 is 2.05 bits per heavy atom. The van der Waals surface area contributed by atoms with Crippen LogP contribution < -0.4 is 0 Å². The Hall–Kier alpha value is -1.02. The fourth-order valence-corrected chi connectivity index (χ4v) is 4.04. The summed E-state index contributed by atoms with van der Waals surface area (Å²) >= 11 is 0. The fourth-order valence-electron chi connectivity index (χ4n) is 2.35. The van der Waals surface area contributed by atoms with Crippen LogP contribution in [0.1, 0.15) is 18.4 Å². The number of rotatable bonds is 4. The van der Waals surface area contributed by atoms with Crippen molar-refractivity contribution in [1.82, 2.24) is 4.31 Å². The van der Waals surface area contributed by atoms with Gasteiger partial charge in [0.1, 0.15) is 5.82 Å².